The summed E-state index contributed by atoms with van der Waals surface area (Å²) < 4.78 is 8.84. The molecule has 0 amide bonds. The van der Waals surface area contributed by atoms with Gasteiger partial charge in [-0.05, 0) is 63.8 Å². The van der Waals surface area contributed by atoms with Crippen molar-refractivity contribution < 1.29 is 4.74 Å². The molecule has 3 heterocycles. The molecule has 1 aliphatic carbocycles. The van der Waals surface area contributed by atoms with Gasteiger partial charge < -0.3 is 4.74 Å². The zero-order valence-electron chi connectivity index (χ0n) is 15.9. The van der Waals surface area contributed by atoms with E-state index in [1.807, 2.05) is 0 Å². The average Bonchev–Trinajstić information content (AvgIpc) is 2.88. The van der Waals surface area contributed by atoms with E-state index in [4.69, 9.17) is 4.74 Å². The Morgan fingerprint density at radius 3 is 2.04 bits per heavy atom. The Morgan fingerprint density at radius 2 is 1.44 bits per heavy atom. The Bertz CT molecular complexity index is 407. The van der Waals surface area contributed by atoms with Gasteiger partial charge in [-0.15, -0.1) is 0 Å². The van der Waals surface area contributed by atoms with Crippen LogP contribution in [0.2, 0.25) is 0 Å². The van der Waals surface area contributed by atoms with Gasteiger partial charge in [0.25, 0.3) is 0 Å². The minimum absolute atomic E-state index is 0.533. The predicted molar refractivity (Wildman–Crippen MR) is 111 cm³/mol. The molecule has 3 saturated heterocycles. The number of likely N-dealkylation sites (N-methyl/N-ethyl adjacent to an activating group) is 1. The van der Waals surface area contributed by atoms with E-state index in [2.05, 4.69) is 42.7 Å². The summed E-state index contributed by atoms with van der Waals surface area (Å²) in [6.45, 7) is 10.0. The molecule has 4 rings (SSSR count). The second-order valence-corrected chi connectivity index (χ2v) is 10.2. The minimum Gasteiger partial charge on any atom is -0.375 e. The van der Waals surface area contributed by atoms with Crippen LogP contribution in [0, 0.1) is 5.92 Å². The third-order valence-electron chi connectivity index (χ3n) is 7.16. The van der Waals surface area contributed by atoms with Gasteiger partial charge in [0.1, 0.15) is 0 Å². The number of likely N-dealkylation sites (tertiary alicyclic amines) is 1. The zero-order valence-corrected chi connectivity index (χ0v) is 18.1. The van der Waals surface area contributed by atoms with Gasteiger partial charge in [-0.25, -0.2) is 3.11 Å². The van der Waals surface area contributed by atoms with Crippen LogP contribution in [0.1, 0.15) is 58.3 Å². The number of nitrogens with zero attached hydrogens (tertiary/aromatic N) is 3. The van der Waals surface area contributed by atoms with Crippen molar-refractivity contribution in [2.75, 3.05) is 39.3 Å². The van der Waals surface area contributed by atoms with E-state index >= 15 is 0 Å². The van der Waals surface area contributed by atoms with E-state index in [-0.39, 0.29) is 0 Å². The largest absolute Gasteiger partial charge is 0.375 e. The molecule has 4 fully saturated rings. The molecule has 0 N–H and O–H groups in total. The quantitative estimate of drug-likeness (QED) is 0.461. The van der Waals surface area contributed by atoms with Crippen molar-refractivity contribution in [1.82, 2.24) is 12.9 Å². The number of rotatable bonds is 5. The van der Waals surface area contributed by atoms with Crippen molar-refractivity contribution in [2.45, 2.75) is 82.6 Å². The summed E-state index contributed by atoms with van der Waals surface area (Å²) in [7, 11) is 0. The van der Waals surface area contributed by atoms with Crippen LogP contribution in [0.3, 0.4) is 0 Å². The molecule has 2 bridgehead atoms. The molecular formula is C20H36IN3O. The zero-order chi connectivity index (χ0) is 17.2. The van der Waals surface area contributed by atoms with Gasteiger partial charge in [0, 0.05) is 67.7 Å². The second-order valence-electron chi connectivity index (χ2n) is 8.82. The van der Waals surface area contributed by atoms with Crippen LogP contribution in [0.5, 0.6) is 0 Å². The summed E-state index contributed by atoms with van der Waals surface area (Å²) in [5.41, 5.74) is 0. The number of hydrogen-bond donors (Lipinski definition) is 0. The summed E-state index contributed by atoms with van der Waals surface area (Å²) >= 11 is 2.45. The monoisotopic (exact) mass is 461 g/mol. The first-order valence-corrected chi connectivity index (χ1v) is 11.7. The molecule has 2 atom stereocenters. The van der Waals surface area contributed by atoms with Crippen LogP contribution < -0.4 is 0 Å². The summed E-state index contributed by atoms with van der Waals surface area (Å²) in [6.07, 6.45) is 11.8. The third kappa shape index (κ3) is 4.71. The van der Waals surface area contributed by atoms with Crippen molar-refractivity contribution in [2.24, 2.45) is 5.92 Å². The van der Waals surface area contributed by atoms with Crippen molar-refractivity contribution in [1.29, 1.82) is 0 Å². The van der Waals surface area contributed by atoms with E-state index in [9.17, 15) is 0 Å². The highest BCUT2D eigenvalue weighted by Gasteiger charge is 2.39. The Kier molecular flexibility index (Phi) is 6.59. The molecule has 0 aromatic heterocycles. The van der Waals surface area contributed by atoms with Gasteiger partial charge in [0.05, 0.1) is 12.2 Å². The summed E-state index contributed by atoms with van der Waals surface area (Å²) in [5.74, 6) is 0.920. The Morgan fingerprint density at radius 1 is 0.840 bits per heavy atom. The average molecular weight is 461 g/mol. The highest BCUT2D eigenvalue weighted by atomic mass is 127. The molecule has 144 valence electrons. The topological polar surface area (TPSA) is 19.0 Å². The fraction of sp³-hybridized carbons (Fsp3) is 1.00. The van der Waals surface area contributed by atoms with Crippen LogP contribution in [0.25, 0.3) is 0 Å². The smallest absolute Gasteiger partial charge is 0.0603 e. The highest BCUT2D eigenvalue weighted by Crippen LogP contribution is 2.33. The molecule has 5 heteroatoms. The van der Waals surface area contributed by atoms with E-state index in [0.717, 1.165) is 18.0 Å². The lowest BCUT2D eigenvalue weighted by atomic mass is 9.86. The van der Waals surface area contributed by atoms with Gasteiger partial charge in [0.15, 0.2) is 0 Å². The number of hydrogen-bond acceptors (Lipinski definition) is 4. The van der Waals surface area contributed by atoms with E-state index < -0.39 is 0 Å². The number of piperidine rings is 1. The molecule has 3 aliphatic heterocycles. The van der Waals surface area contributed by atoms with Crippen molar-refractivity contribution in [3.8, 4) is 0 Å². The molecule has 2 unspecified atom stereocenters. The Balaban J connectivity index is 1.17. The Hall–Kier alpha value is 0.570. The maximum atomic E-state index is 6.44. The normalized spacial score (nSPS) is 39.1. The van der Waals surface area contributed by atoms with Crippen molar-refractivity contribution >= 4 is 22.9 Å². The Labute approximate surface area is 168 Å². The molecule has 0 aromatic rings. The van der Waals surface area contributed by atoms with Crippen LogP contribution >= 0.6 is 22.9 Å². The van der Waals surface area contributed by atoms with E-state index in [0.29, 0.717) is 12.2 Å². The maximum absolute atomic E-state index is 6.44. The summed E-state index contributed by atoms with van der Waals surface area (Å²) in [4.78, 5) is 5.57. The lowest BCUT2D eigenvalue weighted by Crippen LogP contribution is -2.54. The first-order valence-electron chi connectivity index (χ1n) is 10.8. The fourth-order valence-corrected chi connectivity index (χ4v) is 6.35. The summed E-state index contributed by atoms with van der Waals surface area (Å²) in [6, 6.07) is 1.71. The third-order valence-corrected chi connectivity index (χ3v) is 8.12. The van der Waals surface area contributed by atoms with Gasteiger partial charge in [-0.2, -0.15) is 0 Å². The van der Waals surface area contributed by atoms with Crippen LogP contribution in [-0.4, -0.2) is 76.5 Å². The fourth-order valence-electron chi connectivity index (χ4n) is 5.79. The molecule has 1 saturated carbocycles. The first-order chi connectivity index (χ1) is 12.2. The molecule has 4 nitrogen and oxygen atoms in total. The number of piperazine rings is 1. The molecule has 0 spiro atoms. The number of ether oxygens (including phenoxy) is 1. The lowest BCUT2D eigenvalue weighted by Gasteiger charge is -2.42. The van der Waals surface area contributed by atoms with Crippen molar-refractivity contribution in [3.05, 3.63) is 0 Å². The lowest BCUT2D eigenvalue weighted by molar-refractivity contribution is -0.0552. The van der Waals surface area contributed by atoms with Gasteiger partial charge in [0.2, 0.25) is 0 Å². The molecule has 25 heavy (non-hydrogen) atoms. The first kappa shape index (κ1) is 18.9. The number of halogens is 1. The molecule has 4 aliphatic rings. The molecule has 0 aromatic carbocycles. The van der Waals surface area contributed by atoms with E-state index in [1.165, 1.54) is 90.6 Å². The van der Waals surface area contributed by atoms with Gasteiger partial charge in [-0.3, -0.25) is 9.80 Å². The highest BCUT2D eigenvalue weighted by molar-refractivity contribution is 14.1. The van der Waals surface area contributed by atoms with Gasteiger partial charge >= 0.3 is 0 Å². The van der Waals surface area contributed by atoms with Gasteiger partial charge in [-0.1, -0.05) is 6.92 Å². The molecule has 0 radical (unpaired) electrons. The summed E-state index contributed by atoms with van der Waals surface area (Å²) in [5, 5.41) is 0. The predicted octanol–water partition coefficient (Wildman–Crippen LogP) is 3.54. The van der Waals surface area contributed by atoms with Crippen LogP contribution in [0.15, 0.2) is 0 Å². The van der Waals surface area contributed by atoms with Crippen molar-refractivity contribution in [3.63, 3.8) is 0 Å². The second kappa shape index (κ2) is 8.72. The van der Waals surface area contributed by atoms with Crippen LogP contribution in [-0.2, 0) is 4.74 Å². The van der Waals surface area contributed by atoms with Crippen LogP contribution in [0.4, 0.5) is 0 Å². The van der Waals surface area contributed by atoms with E-state index in [1.54, 1.807) is 0 Å². The number of fused-ring (bicyclic) bond motifs is 2. The minimum atomic E-state index is 0.533. The standard InChI is InChI=1S/C20H36IN3O/c1-2-24-17-5-6-18(24)15-22(14-17)13-16-3-7-19(8-4-16)25-20-9-11-23(21)12-10-20/h16-20H,2-15H2,1H3. The SMILES string of the molecule is CCN1C2CCC1CN(CC1CCC(OC3CCN(I)CC3)CC1)C2. The maximum Gasteiger partial charge on any atom is 0.0603 e. The molecular weight excluding hydrogens is 425 g/mol.